The van der Waals surface area contributed by atoms with Crippen molar-refractivity contribution < 1.29 is 14.6 Å². The highest BCUT2D eigenvalue weighted by atomic mass is 16.7. The lowest BCUT2D eigenvalue weighted by atomic mass is 10.0. The van der Waals surface area contributed by atoms with Gasteiger partial charge in [0.1, 0.15) is 11.6 Å². The Morgan fingerprint density at radius 3 is 2.71 bits per heavy atom. The predicted octanol–water partition coefficient (Wildman–Crippen LogP) is 3.39. The number of benzene rings is 2. The molecule has 0 bridgehead atoms. The van der Waals surface area contributed by atoms with Crippen LogP contribution in [0.2, 0.25) is 0 Å². The van der Waals surface area contributed by atoms with Crippen molar-refractivity contribution in [3.63, 3.8) is 0 Å². The minimum atomic E-state index is 0.150. The van der Waals surface area contributed by atoms with Gasteiger partial charge in [-0.05, 0) is 42.3 Å². The number of para-hydroxylation sites is 2. The maximum absolute atomic E-state index is 10.4. The normalized spacial score (nSPS) is 17.9. The number of aromatic hydroxyl groups is 1. The molecule has 3 aromatic rings. The van der Waals surface area contributed by atoms with E-state index in [0.29, 0.717) is 11.3 Å². The molecule has 1 aromatic heterocycles. The topological polar surface area (TPSA) is 80.8 Å². The van der Waals surface area contributed by atoms with Crippen LogP contribution < -0.4 is 20.1 Å². The number of phenolic OH excluding ortho intramolecular Hbond substituents is 1. The molecule has 5 rings (SSSR count). The minimum absolute atomic E-state index is 0.150. The van der Waals surface area contributed by atoms with Gasteiger partial charge in [0.2, 0.25) is 6.79 Å². The first-order valence-corrected chi connectivity index (χ1v) is 9.39. The Morgan fingerprint density at radius 2 is 1.89 bits per heavy atom. The second kappa shape index (κ2) is 6.73. The van der Waals surface area contributed by atoms with Gasteiger partial charge in [-0.2, -0.15) is 0 Å². The summed E-state index contributed by atoms with van der Waals surface area (Å²) < 4.78 is 11.2. The zero-order valence-electron chi connectivity index (χ0n) is 15.3. The number of rotatable bonds is 3. The number of nitrogens with zero attached hydrogens (tertiary/aromatic N) is 2. The van der Waals surface area contributed by atoms with Gasteiger partial charge < -0.3 is 25.2 Å². The van der Waals surface area contributed by atoms with E-state index in [1.165, 1.54) is 0 Å². The van der Waals surface area contributed by atoms with Crippen LogP contribution in [-0.2, 0) is 0 Å². The fourth-order valence-electron chi connectivity index (χ4n) is 3.81. The molecule has 3 N–H and O–H groups in total. The predicted molar refractivity (Wildman–Crippen MR) is 108 cm³/mol. The molecule has 2 aromatic carbocycles. The number of nitrogens with two attached hydrogens (primary N) is 1. The van der Waals surface area contributed by atoms with Crippen molar-refractivity contribution in [2.75, 3.05) is 24.8 Å². The Morgan fingerprint density at radius 1 is 1.04 bits per heavy atom. The van der Waals surface area contributed by atoms with Crippen LogP contribution in [0.4, 0.5) is 5.82 Å². The van der Waals surface area contributed by atoms with Crippen molar-refractivity contribution in [1.29, 1.82) is 0 Å². The molecule has 142 valence electrons. The first-order chi connectivity index (χ1) is 13.7. The third-order valence-electron chi connectivity index (χ3n) is 5.25. The molecule has 1 saturated heterocycles. The Hall–Kier alpha value is -3.25. The second-order valence-electron chi connectivity index (χ2n) is 7.15. The molecule has 1 atom stereocenters. The van der Waals surface area contributed by atoms with E-state index in [0.717, 1.165) is 48.0 Å². The lowest BCUT2D eigenvalue weighted by Crippen LogP contribution is -2.27. The van der Waals surface area contributed by atoms with Gasteiger partial charge in [-0.25, -0.2) is 4.98 Å². The zero-order chi connectivity index (χ0) is 19.1. The average molecular weight is 375 g/mol. The van der Waals surface area contributed by atoms with Crippen molar-refractivity contribution in [2.24, 2.45) is 5.73 Å². The van der Waals surface area contributed by atoms with Crippen molar-refractivity contribution in [1.82, 2.24) is 4.98 Å². The highest BCUT2D eigenvalue weighted by Crippen LogP contribution is 2.43. The summed E-state index contributed by atoms with van der Waals surface area (Å²) in [5.41, 5.74) is 9.42. The highest BCUT2D eigenvalue weighted by molar-refractivity contribution is 5.81. The molecule has 0 amide bonds. The Kier molecular flexibility index (Phi) is 4.06. The summed E-state index contributed by atoms with van der Waals surface area (Å²) in [6, 6.07) is 17.3. The van der Waals surface area contributed by atoms with Crippen LogP contribution >= 0.6 is 0 Å². The molecular formula is C22H21N3O3. The molecule has 2 aliphatic heterocycles. The van der Waals surface area contributed by atoms with Crippen molar-refractivity contribution in [3.05, 3.63) is 54.6 Å². The van der Waals surface area contributed by atoms with Crippen molar-refractivity contribution in [2.45, 2.75) is 12.5 Å². The molecule has 0 saturated carbocycles. The summed E-state index contributed by atoms with van der Waals surface area (Å²) >= 11 is 0. The van der Waals surface area contributed by atoms with Gasteiger partial charge in [-0.15, -0.1) is 0 Å². The molecule has 1 fully saturated rings. The number of anilines is 1. The molecular weight excluding hydrogens is 354 g/mol. The minimum Gasteiger partial charge on any atom is -0.507 e. The number of fused-ring (bicyclic) bond motifs is 1. The van der Waals surface area contributed by atoms with Gasteiger partial charge in [0, 0.05) is 30.3 Å². The van der Waals surface area contributed by atoms with Gasteiger partial charge in [0.25, 0.3) is 0 Å². The van der Waals surface area contributed by atoms with Crippen LogP contribution in [0.25, 0.3) is 22.4 Å². The quantitative estimate of drug-likeness (QED) is 0.730. The Bertz CT molecular complexity index is 1040. The van der Waals surface area contributed by atoms with E-state index >= 15 is 0 Å². The third kappa shape index (κ3) is 2.92. The van der Waals surface area contributed by atoms with Crippen LogP contribution in [0.1, 0.15) is 6.42 Å². The Labute approximate surface area is 163 Å². The van der Waals surface area contributed by atoms with Crippen LogP contribution in [0.3, 0.4) is 0 Å². The molecule has 1 unspecified atom stereocenters. The van der Waals surface area contributed by atoms with Crippen LogP contribution in [0, 0.1) is 0 Å². The summed E-state index contributed by atoms with van der Waals surface area (Å²) in [4.78, 5) is 7.03. The molecule has 0 aliphatic carbocycles. The smallest absolute Gasteiger partial charge is 0.231 e. The largest absolute Gasteiger partial charge is 0.507 e. The highest BCUT2D eigenvalue weighted by Gasteiger charge is 2.24. The number of hydrogen-bond donors (Lipinski definition) is 2. The van der Waals surface area contributed by atoms with Crippen LogP contribution in [-0.4, -0.2) is 36.0 Å². The summed E-state index contributed by atoms with van der Waals surface area (Å²) in [7, 11) is 0. The van der Waals surface area contributed by atoms with E-state index in [1.54, 1.807) is 12.1 Å². The summed E-state index contributed by atoms with van der Waals surface area (Å²) in [6.07, 6.45) is 0.940. The van der Waals surface area contributed by atoms with E-state index in [1.807, 2.05) is 36.4 Å². The first kappa shape index (κ1) is 16.9. The zero-order valence-corrected chi connectivity index (χ0v) is 15.3. The fraction of sp³-hybridized carbons (Fsp3) is 0.227. The standard InChI is InChI=1S/C22H21N3O3/c23-15-8-9-25(12-15)21-11-14(16-5-3-7-20-22(16)28-13-27-20)10-18(24-21)17-4-1-2-6-19(17)26/h1-7,10-11,15,26H,8-9,12-13,23H2. The molecule has 6 heteroatoms. The van der Waals surface area contributed by atoms with Gasteiger partial charge >= 0.3 is 0 Å². The number of hydrogen-bond acceptors (Lipinski definition) is 6. The second-order valence-corrected chi connectivity index (χ2v) is 7.15. The van der Waals surface area contributed by atoms with E-state index < -0.39 is 0 Å². The third-order valence-corrected chi connectivity index (χ3v) is 5.25. The number of ether oxygens (including phenoxy) is 2. The van der Waals surface area contributed by atoms with Gasteiger partial charge in [-0.1, -0.05) is 24.3 Å². The van der Waals surface area contributed by atoms with Crippen molar-refractivity contribution in [3.8, 4) is 39.6 Å². The molecule has 2 aliphatic rings. The fourth-order valence-corrected chi connectivity index (χ4v) is 3.81. The monoisotopic (exact) mass is 375 g/mol. The van der Waals surface area contributed by atoms with Crippen LogP contribution in [0.15, 0.2) is 54.6 Å². The van der Waals surface area contributed by atoms with Crippen LogP contribution in [0.5, 0.6) is 17.2 Å². The molecule has 28 heavy (non-hydrogen) atoms. The lowest BCUT2D eigenvalue weighted by molar-refractivity contribution is 0.174. The van der Waals surface area contributed by atoms with Gasteiger partial charge in [-0.3, -0.25) is 0 Å². The SMILES string of the molecule is NC1CCN(c2cc(-c3cccc4c3OCO4)cc(-c3ccccc3O)n2)C1. The molecule has 6 nitrogen and oxygen atoms in total. The number of pyridine rings is 1. The van der Waals surface area contributed by atoms with E-state index in [9.17, 15) is 5.11 Å². The summed E-state index contributed by atoms with van der Waals surface area (Å²) in [5.74, 6) is 2.53. The van der Waals surface area contributed by atoms with Gasteiger partial charge in [0.15, 0.2) is 11.5 Å². The van der Waals surface area contributed by atoms with E-state index in [2.05, 4.69) is 11.0 Å². The first-order valence-electron chi connectivity index (χ1n) is 9.39. The van der Waals surface area contributed by atoms with Gasteiger partial charge in [0.05, 0.1) is 5.69 Å². The van der Waals surface area contributed by atoms with E-state index in [-0.39, 0.29) is 18.6 Å². The van der Waals surface area contributed by atoms with E-state index in [4.69, 9.17) is 20.2 Å². The molecule has 0 spiro atoms. The maximum Gasteiger partial charge on any atom is 0.231 e. The Balaban J connectivity index is 1.68. The number of phenols is 1. The molecule has 0 radical (unpaired) electrons. The summed E-state index contributed by atoms with van der Waals surface area (Å²) in [5, 5.41) is 10.4. The van der Waals surface area contributed by atoms with Crippen molar-refractivity contribution >= 4 is 5.82 Å². The lowest BCUT2D eigenvalue weighted by Gasteiger charge is -2.20. The summed E-state index contributed by atoms with van der Waals surface area (Å²) in [6.45, 7) is 1.85. The average Bonchev–Trinajstić information content (AvgIpc) is 3.36. The maximum atomic E-state index is 10.4. The number of aromatic nitrogens is 1. The molecule has 3 heterocycles.